The maximum absolute atomic E-state index is 12.1. The van der Waals surface area contributed by atoms with Gasteiger partial charge >= 0.3 is 5.97 Å². The van der Waals surface area contributed by atoms with Gasteiger partial charge in [0.05, 0.1) is 9.90 Å². The number of carbonyl (C=O) groups excluding carboxylic acids is 3. The van der Waals surface area contributed by atoms with Crippen LogP contribution in [-0.4, -0.2) is 24.4 Å². The molecule has 8 heteroatoms. The van der Waals surface area contributed by atoms with Crippen molar-refractivity contribution in [1.29, 1.82) is 0 Å². The molecule has 122 valence electrons. The summed E-state index contributed by atoms with van der Waals surface area (Å²) in [6.45, 7) is -0.555. The van der Waals surface area contributed by atoms with Gasteiger partial charge in [-0.2, -0.15) is 0 Å². The Hall–Kier alpha value is -2.22. The minimum atomic E-state index is -0.695. The van der Waals surface area contributed by atoms with Crippen LogP contribution in [0.4, 0.5) is 0 Å². The van der Waals surface area contributed by atoms with Crippen molar-refractivity contribution < 1.29 is 19.1 Å². The second-order valence-electron chi connectivity index (χ2n) is 4.67. The number of hydrogen-bond acceptors (Lipinski definition) is 6. The fourth-order valence-electron chi connectivity index (χ4n) is 1.97. The van der Waals surface area contributed by atoms with E-state index in [0.29, 0.717) is 9.90 Å². The molecule has 3 rings (SSSR count). The van der Waals surface area contributed by atoms with Crippen molar-refractivity contribution in [3.63, 3.8) is 0 Å². The number of rotatable bonds is 4. The third kappa shape index (κ3) is 3.48. The summed E-state index contributed by atoms with van der Waals surface area (Å²) in [5, 5.41) is 4.94. The van der Waals surface area contributed by atoms with Gasteiger partial charge in [0.2, 0.25) is 0 Å². The number of esters is 1. The normalized spacial score (nSPS) is 10.5. The number of halogens is 1. The number of nitrogens with one attached hydrogen (secondary N) is 1. The largest absolute Gasteiger partial charge is 0.451 e. The quantitative estimate of drug-likeness (QED) is 0.701. The van der Waals surface area contributed by atoms with Crippen molar-refractivity contribution in [2.24, 2.45) is 0 Å². The van der Waals surface area contributed by atoms with Gasteiger partial charge in [-0.1, -0.05) is 35.9 Å². The van der Waals surface area contributed by atoms with E-state index in [2.05, 4.69) is 5.32 Å². The zero-order chi connectivity index (χ0) is 17.1. The number of thiophene rings is 2. The van der Waals surface area contributed by atoms with E-state index in [1.54, 1.807) is 23.6 Å². The van der Waals surface area contributed by atoms with Crippen LogP contribution in [-0.2, 0) is 9.53 Å². The predicted molar refractivity (Wildman–Crippen MR) is 93.9 cm³/mol. The zero-order valence-corrected chi connectivity index (χ0v) is 14.5. The molecule has 3 aromatic rings. The maximum Gasteiger partial charge on any atom is 0.350 e. The molecule has 0 saturated carbocycles. The molecular formula is C16H10ClNO4S2. The lowest BCUT2D eigenvalue weighted by molar-refractivity contribution is -0.123. The average Bonchev–Trinajstić information content (AvgIpc) is 3.21. The van der Waals surface area contributed by atoms with Gasteiger partial charge in [-0.15, -0.1) is 22.7 Å². The molecule has 1 N–H and O–H groups in total. The lowest BCUT2D eigenvalue weighted by Crippen LogP contribution is -2.33. The van der Waals surface area contributed by atoms with E-state index < -0.39 is 24.4 Å². The number of ether oxygens (including phenoxy) is 1. The first kappa shape index (κ1) is 16.6. The Kier molecular flexibility index (Phi) is 4.94. The summed E-state index contributed by atoms with van der Waals surface area (Å²) in [4.78, 5) is 36.2. The molecule has 0 spiro atoms. The monoisotopic (exact) mass is 379 g/mol. The smallest absolute Gasteiger partial charge is 0.350 e. The fourth-order valence-corrected chi connectivity index (χ4v) is 4.00. The molecule has 0 saturated heterocycles. The van der Waals surface area contributed by atoms with Gasteiger partial charge in [-0.3, -0.25) is 14.9 Å². The van der Waals surface area contributed by atoms with Crippen molar-refractivity contribution >= 4 is 62.1 Å². The third-order valence-electron chi connectivity index (χ3n) is 3.05. The molecule has 2 heterocycles. The highest BCUT2D eigenvalue weighted by molar-refractivity contribution is 7.21. The third-order valence-corrected chi connectivity index (χ3v) is 5.58. The summed E-state index contributed by atoms with van der Waals surface area (Å²) in [5.74, 6) is -1.91. The number of fused-ring (bicyclic) bond motifs is 1. The van der Waals surface area contributed by atoms with Gasteiger partial charge in [-0.05, 0) is 17.5 Å². The van der Waals surface area contributed by atoms with Crippen LogP contribution in [0.2, 0.25) is 5.02 Å². The number of carbonyl (C=O) groups is 3. The van der Waals surface area contributed by atoms with E-state index in [1.807, 2.05) is 18.2 Å². The highest BCUT2D eigenvalue weighted by Crippen LogP contribution is 2.35. The topological polar surface area (TPSA) is 72.5 Å². The number of hydrogen-bond donors (Lipinski definition) is 1. The first-order chi connectivity index (χ1) is 11.6. The Morgan fingerprint density at radius 1 is 1.12 bits per heavy atom. The number of amides is 2. The first-order valence-electron chi connectivity index (χ1n) is 6.78. The van der Waals surface area contributed by atoms with E-state index in [1.165, 1.54) is 22.7 Å². The second-order valence-corrected chi connectivity index (χ2v) is 7.05. The number of benzene rings is 1. The summed E-state index contributed by atoms with van der Waals surface area (Å²) < 4.78 is 5.80. The Labute approximate surface area is 149 Å². The van der Waals surface area contributed by atoms with E-state index in [4.69, 9.17) is 16.3 Å². The minimum Gasteiger partial charge on any atom is -0.451 e. The molecule has 0 aliphatic heterocycles. The lowest BCUT2D eigenvalue weighted by atomic mass is 10.2. The SMILES string of the molecule is O=C(COC(=O)c1sc2ccccc2c1Cl)NC(=O)c1cccs1. The summed E-state index contributed by atoms with van der Waals surface area (Å²) in [6.07, 6.45) is 0. The van der Waals surface area contributed by atoms with Gasteiger partial charge in [0.1, 0.15) is 4.88 Å². The lowest BCUT2D eigenvalue weighted by Gasteiger charge is -2.04. The average molecular weight is 380 g/mol. The van der Waals surface area contributed by atoms with Crippen molar-refractivity contribution in [1.82, 2.24) is 5.32 Å². The summed E-state index contributed by atoms with van der Waals surface area (Å²) in [6, 6.07) is 10.6. The van der Waals surface area contributed by atoms with Crippen LogP contribution in [0.1, 0.15) is 19.3 Å². The summed E-state index contributed by atoms with van der Waals surface area (Å²) >= 11 is 8.58. The molecule has 0 unspecified atom stereocenters. The van der Waals surface area contributed by atoms with Gasteiger partial charge in [0.15, 0.2) is 6.61 Å². The molecular weight excluding hydrogens is 370 g/mol. The zero-order valence-electron chi connectivity index (χ0n) is 12.1. The van der Waals surface area contributed by atoms with Crippen molar-refractivity contribution in [3.05, 3.63) is 56.6 Å². The van der Waals surface area contributed by atoms with Crippen LogP contribution in [0.5, 0.6) is 0 Å². The van der Waals surface area contributed by atoms with Gasteiger partial charge in [0.25, 0.3) is 11.8 Å². The molecule has 0 aliphatic rings. The highest BCUT2D eigenvalue weighted by atomic mass is 35.5. The van der Waals surface area contributed by atoms with Crippen LogP contribution in [0.3, 0.4) is 0 Å². The molecule has 2 amide bonds. The molecule has 0 bridgehead atoms. The van der Waals surface area contributed by atoms with Crippen LogP contribution >= 0.6 is 34.3 Å². The second kappa shape index (κ2) is 7.12. The Morgan fingerprint density at radius 2 is 1.92 bits per heavy atom. The van der Waals surface area contributed by atoms with E-state index >= 15 is 0 Å². The van der Waals surface area contributed by atoms with E-state index in [9.17, 15) is 14.4 Å². The van der Waals surface area contributed by atoms with Crippen LogP contribution < -0.4 is 5.32 Å². The van der Waals surface area contributed by atoms with E-state index in [-0.39, 0.29) is 4.88 Å². The van der Waals surface area contributed by atoms with E-state index in [0.717, 1.165) is 10.1 Å². The molecule has 2 aromatic heterocycles. The van der Waals surface area contributed by atoms with Gasteiger partial charge in [0, 0.05) is 10.1 Å². The minimum absolute atomic E-state index is 0.232. The van der Waals surface area contributed by atoms with Crippen molar-refractivity contribution in [2.75, 3.05) is 6.61 Å². The molecule has 24 heavy (non-hydrogen) atoms. The summed E-state index contributed by atoms with van der Waals surface area (Å²) in [7, 11) is 0. The highest BCUT2D eigenvalue weighted by Gasteiger charge is 2.20. The Morgan fingerprint density at radius 3 is 2.62 bits per heavy atom. The molecule has 0 aliphatic carbocycles. The van der Waals surface area contributed by atoms with Crippen molar-refractivity contribution in [2.45, 2.75) is 0 Å². The first-order valence-corrected chi connectivity index (χ1v) is 8.85. The van der Waals surface area contributed by atoms with Crippen LogP contribution in [0, 0.1) is 0 Å². The summed E-state index contributed by atoms with van der Waals surface area (Å²) in [5.41, 5.74) is 0. The molecule has 0 radical (unpaired) electrons. The molecule has 1 aromatic carbocycles. The standard InChI is InChI=1S/C16H10ClNO4S2/c17-13-9-4-1-2-5-10(9)24-14(13)16(21)22-8-12(19)18-15(20)11-6-3-7-23-11/h1-7H,8H2,(H,18,19,20). The number of imide groups is 1. The van der Waals surface area contributed by atoms with Crippen LogP contribution in [0.25, 0.3) is 10.1 Å². The molecule has 0 fully saturated rings. The van der Waals surface area contributed by atoms with Gasteiger partial charge in [-0.25, -0.2) is 4.79 Å². The maximum atomic E-state index is 12.1. The fraction of sp³-hybridized carbons (Fsp3) is 0.0625. The molecule has 0 atom stereocenters. The van der Waals surface area contributed by atoms with Crippen LogP contribution in [0.15, 0.2) is 41.8 Å². The Balaban J connectivity index is 1.61. The molecule has 5 nitrogen and oxygen atoms in total. The van der Waals surface area contributed by atoms with Crippen molar-refractivity contribution in [3.8, 4) is 0 Å². The van der Waals surface area contributed by atoms with Gasteiger partial charge < -0.3 is 4.74 Å². The Bertz CT molecular complexity index is 917. The predicted octanol–water partition coefficient (Wildman–Crippen LogP) is 3.73.